The Morgan fingerprint density at radius 2 is 1.48 bits per heavy atom. The Balaban J connectivity index is 3.87. The molecule has 0 aliphatic carbocycles. The highest BCUT2D eigenvalue weighted by molar-refractivity contribution is 5.97. The molecule has 0 aliphatic heterocycles. The number of guanidine groups is 4. The summed E-state index contributed by atoms with van der Waals surface area (Å²) in [5, 5.41) is 5.28. The first-order chi connectivity index (χ1) is 15.6. The minimum absolute atomic E-state index is 0.0108. The van der Waals surface area contributed by atoms with Gasteiger partial charge in [0, 0.05) is 19.9 Å². The summed E-state index contributed by atoms with van der Waals surface area (Å²) in [4.78, 5) is 42.3. The van der Waals surface area contributed by atoms with E-state index in [1.807, 2.05) is 0 Å². The number of ether oxygens (including phenoxy) is 2. The van der Waals surface area contributed by atoms with E-state index in [9.17, 15) is 9.59 Å². The molecule has 0 saturated heterocycles. The van der Waals surface area contributed by atoms with Gasteiger partial charge in [-0.25, -0.2) is 20.0 Å². The molecule has 0 aromatic heterocycles. The van der Waals surface area contributed by atoms with Crippen LogP contribution in [0.25, 0.3) is 0 Å². The lowest BCUT2D eigenvalue weighted by Crippen LogP contribution is -2.41. The highest BCUT2D eigenvalue weighted by Crippen LogP contribution is 2.00. The zero-order valence-corrected chi connectivity index (χ0v) is 18.9. The average molecular weight is 471 g/mol. The van der Waals surface area contributed by atoms with Crippen molar-refractivity contribution >= 4 is 41.6 Å². The Labute approximate surface area is 191 Å². The topological polar surface area (TPSA) is 269 Å². The van der Waals surface area contributed by atoms with Gasteiger partial charge in [-0.1, -0.05) is 0 Å². The minimum atomic E-state index is -0.458. The van der Waals surface area contributed by atoms with E-state index in [0.29, 0.717) is 0 Å². The van der Waals surface area contributed by atoms with Crippen molar-refractivity contribution in [2.24, 2.45) is 53.6 Å². The first-order valence-corrected chi connectivity index (χ1v) is 9.89. The second-order valence-electron chi connectivity index (χ2n) is 6.18. The SMILES string of the molecule is CN=C(N)NC(N)=NCCOC(=O)CCCC(=O)OCCNC(N)=NCN=C(N)N=C(C)N. The van der Waals surface area contributed by atoms with Crippen LogP contribution in [0.15, 0.2) is 25.0 Å². The third kappa shape index (κ3) is 18.4. The molecule has 12 N–H and O–H groups in total. The molecule has 0 spiro atoms. The van der Waals surface area contributed by atoms with E-state index in [2.05, 4.69) is 35.6 Å². The molecular weight excluding hydrogens is 436 g/mol. The van der Waals surface area contributed by atoms with E-state index in [4.69, 9.17) is 38.1 Å². The molecular formula is C17H34N12O4. The number of rotatable bonds is 12. The maximum atomic E-state index is 11.7. The van der Waals surface area contributed by atoms with Crippen LogP contribution in [0, 0.1) is 0 Å². The first-order valence-electron chi connectivity index (χ1n) is 9.89. The number of amidine groups is 1. The molecule has 186 valence electrons. The lowest BCUT2D eigenvalue weighted by Gasteiger charge is -2.07. The largest absolute Gasteiger partial charge is 0.464 e. The molecule has 0 radical (unpaired) electrons. The van der Waals surface area contributed by atoms with Crippen LogP contribution < -0.4 is 39.3 Å². The van der Waals surface area contributed by atoms with Gasteiger partial charge in [-0.05, 0) is 13.3 Å². The van der Waals surface area contributed by atoms with E-state index >= 15 is 0 Å². The lowest BCUT2D eigenvalue weighted by molar-refractivity contribution is -0.145. The second-order valence-corrected chi connectivity index (χ2v) is 6.18. The van der Waals surface area contributed by atoms with Crippen LogP contribution in [0.1, 0.15) is 26.2 Å². The van der Waals surface area contributed by atoms with E-state index in [0.717, 1.165) is 0 Å². The number of carbonyl (C=O) groups excluding carboxylic acids is 2. The molecule has 0 aromatic carbocycles. The van der Waals surface area contributed by atoms with Crippen molar-refractivity contribution in [2.45, 2.75) is 26.2 Å². The molecule has 0 unspecified atom stereocenters. The number of hydrogen-bond donors (Lipinski definition) is 7. The van der Waals surface area contributed by atoms with Crippen LogP contribution in [0.3, 0.4) is 0 Å². The van der Waals surface area contributed by atoms with Gasteiger partial charge in [-0.15, -0.1) is 0 Å². The van der Waals surface area contributed by atoms with Crippen LogP contribution >= 0.6 is 0 Å². The monoisotopic (exact) mass is 470 g/mol. The third-order valence-electron chi connectivity index (χ3n) is 3.33. The summed E-state index contributed by atoms with van der Waals surface area (Å²) in [6.07, 6.45) is 0.422. The smallest absolute Gasteiger partial charge is 0.305 e. The van der Waals surface area contributed by atoms with E-state index in [-0.39, 0.29) is 81.9 Å². The predicted molar refractivity (Wildman–Crippen MR) is 126 cm³/mol. The molecule has 16 nitrogen and oxygen atoms in total. The molecule has 0 bridgehead atoms. The first kappa shape index (κ1) is 28.9. The highest BCUT2D eigenvalue weighted by atomic mass is 16.5. The molecule has 33 heavy (non-hydrogen) atoms. The Bertz CT molecular complexity index is 772. The van der Waals surface area contributed by atoms with Gasteiger partial charge in [0.2, 0.25) is 5.96 Å². The molecule has 0 saturated carbocycles. The summed E-state index contributed by atoms with van der Waals surface area (Å²) in [5.41, 5.74) is 27.4. The summed E-state index contributed by atoms with van der Waals surface area (Å²) < 4.78 is 10.0. The number of nitrogens with two attached hydrogens (primary N) is 5. The Morgan fingerprint density at radius 1 is 0.848 bits per heavy atom. The van der Waals surface area contributed by atoms with E-state index < -0.39 is 11.9 Å². The Morgan fingerprint density at radius 3 is 2.09 bits per heavy atom. The van der Waals surface area contributed by atoms with Crippen LogP contribution in [0.2, 0.25) is 0 Å². The zero-order chi connectivity index (χ0) is 25.1. The van der Waals surface area contributed by atoms with Crippen LogP contribution in [0.4, 0.5) is 0 Å². The van der Waals surface area contributed by atoms with Crippen molar-refractivity contribution in [3.8, 4) is 0 Å². The van der Waals surface area contributed by atoms with Crippen LogP contribution in [-0.2, 0) is 19.1 Å². The van der Waals surface area contributed by atoms with Crippen molar-refractivity contribution in [1.82, 2.24) is 10.6 Å². The number of nitrogens with one attached hydrogen (secondary N) is 2. The van der Waals surface area contributed by atoms with Gasteiger partial charge in [0.15, 0.2) is 17.9 Å². The van der Waals surface area contributed by atoms with Gasteiger partial charge in [-0.2, -0.15) is 0 Å². The van der Waals surface area contributed by atoms with Gasteiger partial charge in [0.1, 0.15) is 19.9 Å². The van der Waals surface area contributed by atoms with E-state index in [1.165, 1.54) is 7.05 Å². The standard InChI is InChI=1S/C17H34N12O4/c1-11(18)28-17(22)27-10-26-15(20)24-6-8-32-12(30)4-3-5-13(31)33-9-7-25-16(21)29-14(19)23-2/h3-10H2,1-2H3,(H3,20,24,26)(H4,18,22,27,28)(H5,19,21,23,25,29). The van der Waals surface area contributed by atoms with E-state index in [1.54, 1.807) is 6.92 Å². The fourth-order valence-electron chi connectivity index (χ4n) is 1.87. The van der Waals surface area contributed by atoms with Gasteiger partial charge in [0.25, 0.3) is 0 Å². The summed E-state index contributed by atoms with van der Waals surface area (Å²) in [5.74, 6) is -0.367. The molecule has 0 amide bonds. The van der Waals surface area contributed by atoms with Gasteiger partial charge in [-0.3, -0.25) is 19.9 Å². The quantitative estimate of drug-likeness (QED) is 0.0640. The molecule has 0 heterocycles. The summed E-state index contributed by atoms with van der Waals surface area (Å²) in [6, 6.07) is 0. The van der Waals surface area contributed by atoms with Crippen LogP contribution in [-0.4, -0.2) is 81.6 Å². The average Bonchev–Trinajstić information content (AvgIpc) is 2.73. The zero-order valence-electron chi connectivity index (χ0n) is 18.9. The summed E-state index contributed by atoms with van der Waals surface area (Å²) in [6.45, 7) is 2.06. The Hall–Kier alpha value is -4.11. The molecule has 0 aromatic rings. The molecule has 0 fully saturated rings. The molecule has 0 atom stereocenters. The van der Waals surface area contributed by atoms with Gasteiger partial charge in [0.05, 0.1) is 18.9 Å². The molecule has 0 rings (SSSR count). The number of aliphatic imine (C=N–C) groups is 5. The summed E-state index contributed by atoms with van der Waals surface area (Å²) >= 11 is 0. The Kier molecular flexibility index (Phi) is 15.4. The number of nitrogens with zero attached hydrogens (tertiary/aromatic N) is 5. The van der Waals surface area contributed by atoms with Crippen molar-refractivity contribution < 1.29 is 19.1 Å². The van der Waals surface area contributed by atoms with Gasteiger partial charge >= 0.3 is 11.9 Å². The number of hydrogen-bond acceptors (Lipinski definition) is 8. The fraction of sp³-hybridized carbons (Fsp3) is 0.588. The fourth-order valence-corrected chi connectivity index (χ4v) is 1.87. The number of esters is 2. The van der Waals surface area contributed by atoms with Gasteiger partial charge < -0.3 is 43.5 Å². The van der Waals surface area contributed by atoms with Crippen molar-refractivity contribution in [1.29, 1.82) is 0 Å². The predicted octanol–water partition coefficient (Wildman–Crippen LogP) is -3.35. The third-order valence-corrected chi connectivity index (χ3v) is 3.33. The highest BCUT2D eigenvalue weighted by Gasteiger charge is 2.07. The van der Waals surface area contributed by atoms with Crippen molar-refractivity contribution in [2.75, 3.05) is 40.0 Å². The maximum Gasteiger partial charge on any atom is 0.305 e. The minimum Gasteiger partial charge on any atom is -0.464 e. The molecule has 16 heteroatoms. The van der Waals surface area contributed by atoms with Crippen LogP contribution in [0.5, 0.6) is 0 Å². The van der Waals surface area contributed by atoms with Crippen molar-refractivity contribution in [3.05, 3.63) is 0 Å². The lowest BCUT2D eigenvalue weighted by atomic mass is 10.2. The summed E-state index contributed by atoms with van der Waals surface area (Å²) in [7, 11) is 1.49. The number of carbonyl (C=O) groups is 2. The normalized spacial score (nSPS) is 13.5. The second kappa shape index (κ2) is 17.6. The molecule has 0 aliphatic rings. The van der Waals surface area contributed by atoms with Crippen molar-refractivity contribution in [3.63, 3.8) is 0 Å². The maximum absolute atomic E-state index is 11.7.